The van der Waals surface area contributed by atoms with E-state index in [9.17, 15) is 13.6 Å². The van der Waals surface area contributed by atoms with Crippen LogP contribution >= 0.6 is 22.9 Å². The predicted molar refractivity (Wildman–Crippen MR) is 126 cm³/mol. The van der Waals surface area contributed by atoms with E-state index < -0.39 is 17.7 Å². The number of anilines is 2. The minimum absolute atomic E-state index is 0.120. The van der Waals surface area contributed by atoms with Crippen LogP contribution in [0.5, 0.6) is 0 Å². The molecular formula is C24H18ClF2N3OS. The molecule has 0 saturated heterocycles. The topological polar surface area (TPSA) is 54.0 Å². The van der Waals surface area contributed by atoms with Gasteiger partial charge in [0.1, 0.15) is 16.5 Å². The van der Waals surface area contributed by atoms with Gasteiger partial charge in [0, 0.05) is 32.5 Å². The summed E-state index contributed by atoms with van der Waals surface area (Å²) in [5.74, 6) is -1.57. The van der Waals surface area contributed by atoms with E-state index >= 15 is 0 Å². The SMILES string of the molecule is O=C(Nc1ccc(F)cc1F)Nc1cnc2sc3c(c2c1-c1ccccc1Cl)CCCC3. The van der Waals surface area contributed by atoms with Gasteiger partial charge in [-0.1, -0.05) is 29.8 Å². The lowest BCUT2D eigenvalue weighted by molar-refractivity contribution is 0.262. The third-order valence-corrected chi connectivity index (χ3v) is 7.08. The fraction of sp³-hybridized carbons (Fsp3) is 0.167. The molecule has 162 valence electrons. The molecule has 0 saturated carbocycles. The maximum atomic E-state index is 14.0. The van der Waals surface area contributed by atoms with Crippen LogP contribution in [0.1, 0.15) is 23.3 Å². The van der Waals surface area contributed by atoms with Crippen molar-refractivity contribution in [1.29, 1.82) is 0 Å². The summed E-state index contributed by atoms with van der Waals surface area (Å²) >= 11 is 8.23. The third-order valence-electron chi connectivity index (χ3n) is 5.55. The van der Waals surface area contributed by atoms with Crippen molar-refractivity contribution in [2.24, 2.45) is 0 Å². The van der Waals surface area contributed by atoms with Crippen molar-refractivity contribution >= 4 is 50.6 Å². The lowest BCUT2D eigenvalue weighted by atomic mass is 9.92. The number of rotatable bonds is 3. The van der Waals surface area contributed by atoms with Crippen molar-refractivity contribution < 1.29 is 13.6 Å². The molecule has 0 spiro atoms. The Morgan fingerprint density at radius 2 is 1.81 bits per heavy atom. The first-order valence-corrected chi connectivity index (χ1v) is 11.4. The van der Waals surface area contributed by atoms with E-state index in [2.05, 4.69) is 15.6 Å². The van der Waals surface area contributed by atoms with E-state index in [-0.39, 0.29) is 5.69 Å². The standard InChI is InChI=1S/C24H18ClF2N3OS/c25-16-7-3-1-5-14(16)21-19(30-24(31)29-18-10-9-13(26)11-17(18)27)12-28-23-22(21)15-6-2-4-8-20(15)32-23/h1,3,5,7,9-12H,2,4,6,8H2,(H2,29,30,31). The van der Waals surface area contributed by atoms with Crippen LogP contribution in [0, 0.1) is 11.6 Å². The first-order valence-electron chi connectivity index (χ1n) is 10.2. The van der Waals surface area contributed by atoms with Gasteiger partial charge in [0.2, 0.25) is 0 Å². The molecule has 0 bridgehead atoms. The maximum absolute atomic E-state index is 14.0. The van der Waals surface area contributed by atoms with Crippen LogP contribution in [0.3, 0.4) is 0 Å². The summed E-state index contributed by atoms with van der Waals surface area (Å²) in [7, 11) is 0. The number of carbonyl (C=O) groups excluding carboxylic acids is 1. The van der Waals surface area contributed by atoms with Crippen molar-refractivity contribution in [3.8, 4) is 11.1 Å². The Kier molecular flexibility index (Phi) is 5.53. The second-order valence-corrected chi connectivity index (χ2v) is 9.11. The molecule has 4 aromatic rings. The first kappa shape index (κ1) is 20.8. The molecule has 0 aliphatic heterocycles. The molecule has 32 heavy (non-hydrogen) atoms. The van der Waals surface area contributed by atoms with Gasteiger partial charge < -0.3 is 10.6 Å². The number of nitrogens with zero attached hydrogens (tertiary/aromatic N) is 1. The van der Waals surface area contributed by atoms with Gasteiger partial charge in [-0.2, -0.15) is 0 Å². The maximum Gasteiger partial charge on any atom is 0.323 e. The molecule has 2 N–H and O–H groups in total. The summed E-state index contributed by atoms with van der Waals surface area (Å²) in [6.07, 6.45) is 5.82. The monoisotopic (exact) mass is 469 g/mol. The van der Waals surface area contributed by atoms with Crippen LogP contribution in [-0.2, 0) is 12.8 Å². The predicted octanol–water partition coefficient (Wildman–Crippen LogP) is 7.42. The normalized spacial score (nSPS) is 13.1. The van der Waals surface area contributed by atoms with E-state index in [0.29, 0.717) is 10.7 Å². The molecule has 2 heterocycles. The van der Waals surface area contributed by atoms with Gasteiger partial charge in [0.15, 0.2) is 0 Å². The Hall–Kier alpha value is -3.03. The molecule has 0 unspecified atom stereocenters. The molecule has 1 aliphatic carbocycles. The second-order valence-electron chi connectivity index (χ2n) is 7.62. The molecule has 0 radical (unpaired) electrons. The van der Waals surface area contributed by atoms with E-state index in [4.69, 9.17) is 11.6 Å². The number of amides is 2. The number of nitrogens with one attached hydrogen (secondary N) is 2. The van der Waals surface area contributed by atoms with Gasteiger partial charge in [0.25, 0.3) is 0 Å². The number of urea groups is 1. The molecule has 8 heteroatoms. The Morgan fingerprint density at radius 3 is 2.62 bits per heavy atom. The minimum Gasteiger partial charge on any atom is -0.306 e. The van der Waals surface area contributed by atoms with Crippen LogP contribution in [0.4, 0.5) is 25.0 Å². The van der Waals surface area contributed by atoms with Crippen molar-refractivity contribution in [3.05, 3.63) is 75.8 Å². The number of pyridine rings is 1. The smallest absolute Gasteiger partial charge is 0.306 e. The average molecular weight is 470 g/mol. The van der Waals surface area contributed by atoms with E-state index in [0.717, 1.165) is 59.2 Å². The molecular weight excluding hydrogens is 452 g/mol. The number of benzene rings is 2. The second kappa shape index (κ2) is 8.48. The Bertz CT molecular complexity index is 1350. The number of fused-ring (bicyclic) bond motifs is 3. The van der Waals surface area contributed by atoms with Crippen molar-refractivity contribution in [2.45, 2.75) is 25.7 Å². The molecule has 0 fully saturated rings. The van der Waals surface area contributed by atoms with Gasteiger partial charge in [0.05, 0.1) is 17.6 Å². The third kappa shape index (κ3) is 3.82. The molecule has 0 atom stereocenters. The van der Waals surface area contributed by atoms with E-state index in [1.807, 2.05) is 18.2 Å². The summed E-state index contributed by atoms with van der Waals surface area (Å²) in [4.78, 5) is 19.5. The van der Waals surface area contributed by atoms with Gasteiger partial charge >= 0.3 is 6.03 Å². The number of thiophene rings is 1. The molecule has 1 aliphatic rings. The largest absolute Gasteiger partial charge is 0.323 e. The van der Waals surface area contributed by atoms with Crippen molar-refractivity contribution in [1.82, 2.24) is 4.98 Å². The summed E-state index contributed by atoms with van der Waals surface area (Å²) in [6.45, 7) is 0. The van der Waals surface area contributed by atoms with Crippen LogP contribution < -0.4 is 10.6 Å². The lowest BCUT2D eigenvalue weighted by Gasteiger charge is -2.17. The van der Waals surface area contributed by atoms with Gasteiger partial charge in [-0.25, -0.2) is 18.6 Å². The number of hydrogen-bond acceptors (Lipinski definition) is 3. The number of aromatic nitrogens is 1. The van der Waals surface area contributed by atoms with Gasteiger partial charge in [-0.15, -0.1) is 11.3 Å². The fourth-order valence-electron chi connectivity index (χ4n) is 4.13. The Labute approximate surface area is 192 Å². The zero-order valence-corrected chi connectivity index (χ0v) is 18.4. The summed E-state index contributed by atoms with van der Waals surface area (Å²) in [5, 5.41) is 6.78. The van der Waals surface area contributed by atoms with Crippen LogP contribution in [0.2, 0.25) is 5.02 Å². The Morgan fingerprint density at radius 1 is 1.03 bits per heavy atom. The van der Waals surface area contributed by atoms with Crippen LogP contribution in [0.25, 0.3) is 21.3 Å². The zero-order chi connectivity index (χ0) is 22.2. The molecule has 2 amide bonds. The number of aryl methyl sites for hydroxylation is 2. The van der Waals surface area contributed by atoms with E-state index in [1.165, 1.54) is 16.5 Å². The van der Waals surface area contributed by atoms with Crippen LogP contribution in [-0.4, -0.2) is 11.0 Å². The minimum atomic E-state index is -0.855. The summed E-state index contributed by atoms with van der Waals surface area (Å²) in [5.41, 5.74) is 3.19. The number of halogens is 3. The average Bonchev–Trinajstić information content (AvgIpc) is 3.15. The summed E-state index contributed by atoms with van der Waals surface area (Å²) < 4.78 is 27.2. The highest BCUT2D eigenvalue weighted by molar-refractivity contribution is 7.19. The first-order chi connectivity index (χ1) is 15.5. The molecule has 4 nitrogen and oxygen atoms in total. The molecule has 2 aromatic carbocycles. The molecule has 5 rings (SSSR count). The number of carbonyl (C=O) groups is 1. The molecule has 2 aromatic heterocycles. The van der Waals surface area contributed by atoms with Gasteiger partial charge in [-0.3, -0.25) is 0 Å². The fourth-order valence-corrected chi connectivity index (χ4v) is 5.60. The van der Waals surface area contributed by atoms with Crippen LogP contribution in [0.15, 0.2) is 48.7 Å². The highest BCUT2D eigenvalue weighted by Crippen LogP contribution is 2.45. The lowest BCUT2D eigenvalue weighted by Crippen LogP contribution is -2.21. The quantitative estimate of drug-likeness (QED) is 0.328. The highest BCUT2D eigenvalue weighted by Gasteiger charge is 2.24. The van der Waals surface area contributed by atoms with Crippen molar-refractivity contribution in [2.75, 3.05) is 10.6 Å². The summed E-state index contributed by atoms with van der Waals surface area (Å²) in [6, 6.07) is 9.78. The Balaban J connectivity index is 1.60. The van der Waals surface area contributed by atoms with E-state index in [1.54, 1.807) is 23.6 Å². The number of hydrogen-bond donors (Lipinski definition) is 2. The highest BCUT2D eigenvalue weighted by atomic mass is 35.5. The van der Waals surface area contributed by atoms with Gasteiger partial charge in [-0.05, 0) is 49.4 Å². The zero-order valence-electron chi connectivity index (χ0n) is 16.8. The van der Waals surface area contributed by atoms with Crippen molar-refractivity contribution in [3.63, 3.8) is 0 Å².